The number of aromatic nitrogens is 2. The lowest BCUT2D eigenvalue weighted by atomic mass is 9.95. The van der Waals surface area contributed by atoms with E-state index in [2.05, 4.69) is 45.9 Å². The monoisotopic (exact) mass is 481 g/mol. The van der Waals surface area contributed by atoms with Crippen LogP contribution in [-0.4, -0.2) is 38.1 Å². The summed E-state index contributed by atoms with van der Waals surface area (Å²) in [5.74, 6) is 1.66. The Balaban J connectivity index is 1.15. The third-order valence-corrected chi connectivity index (χ3v) is 6.53. The second kappa shape index (κ2) is 9.13. The molecule has 36 heavy (non-hydrogen) atoms. The summed E-state index contributed by atoms with van der Waals surface area (Å²) in [5, 5.41) is 8.41. The Morgan fingerprint density at radius 1 is 1.06 bits per heavy atom. The van der Waals surface area contributed by atoms with Crippen LogP contribution in [0, 0.1) is 0 Å². The van der Waals surface area contributed by atoms with Crippen LogP contribution < -0.4 is 10.2 Å². The van der Waals surface area contributed by atoms with Gasteiger partial charge >= 0.3 is 0 Å². The zero-order valence-electron chi connectivity index (χ0n) is 20.2. The molecule has 1 fully saturated rings. The zero-order chi connectivity index (χ0) is 24.6. The molecule has 0 bridgehead atoms. The molecule has 0 aliphatic carbocycles. The summed E-state index contributed by atoms with van der Waals surface area (Å²) in [6, 6.07) is 22.0. The van der Waals surface area contributed by atoms with E-state index in [-0.39, 0.29) is 30.6 Å². The van der Waals surface area contributed by atoms with E-state index in [0.29, 0.717) is 18.1 Å². The summed E-state index contributed by atoms with van der Waals surface area (Å²) in [7, 11) is 0. The molecule has 6 rings (SSSR count). The summed E-state index contributed by atoms with van der Waals surface area (Å²) in [6.07, 6.45) is 4.45. The summed E-state index contributed by atoms with van der Waals surface area (Å²) < 4.78 is 11.2. The van der Waals surface area contributed by atoms with Crippen LogP contribution in [-0.2, 0) is 11.3 Å². The van der Waals surface area contributed by atoms with Crippen molar-refractivity contribution in [1.82, 2.24) is 25.5 Å². The van der Waals surface area contributed by atoms with Crippen molar-refractivity contribution in [2.45, 2.75) is 45.0 Å². The average Bonchev–Trinajstić information content (AvgIpc) is 3.53. The predicted molar refractivity (Wildman–Crippen MR) is 135 cm³/mol. The highest BCUT2D eigenvalue weighted by Crippen LogP contribution is 2.34. The van der Waals surface area contributed by atoms with Gasteiger partial charge in [-0.3, -0.25) is 4.79 Å². The van der Waals surface area contributed by atoms with E-state index in [1.54, 1.807) is 11.1 Å². The van der Waals surface area contributed by atoms with E-state index in [9.17, 15) is 4.79 Å². The number of nitrogens with one attached hydrogen (secondary N) is 1. The molecule has 0 spiro atoms. The molecule has 8 nitrogen and oxygen atoms in total. The minimum atomic E-state index is -0.296. The lowest BCUT2D eigenvalue weighted by Gasteiger charge is -2.30. The van der Waals surface area contributed by atoms with E-state index in [4.69, 9.17) is 9.26 Å². The van der Waals surface area contributed by atoms with Crippen molar-refractivity contribution < 1.29 is 14.1 Å². The number of hydrogen-bond donors (Lipinski definition) is 1. The Morgan fingerprint density at radius 3 is 2.69 bits per heavy atom. The molecule has 2 atom stereocenters. The van der Waals surface area contributed by atoms with Crippen LogP contribution >= 0.6 is 0 Å². The molecule has 1 saturated heterocycles. The van der Waals surface area contributed by atoms with Gasteiger partial charge in [-0.25, -0.2) is 5.43 Å². The topological polar surface area (TPSA) is 83.7 Å². The van der Waals surface area contributed by atoms with Crippen molar-refractivity contribution in [1.29, 1.82) is 0 Å². The number of carbonyl (C=O) groups is 1. The van der Waals surface area contributed by atoms with Gasteiger partial charge in [0.25, 0.3) is 5.91 Å². The molecule has 2 unspecified atom stereocenters. The highest BCUT2D eigenvalue weighted by Gasteiger charge is 2.40. The smallest absolute Gasteiger partial charge is 0.251 e. The highest BCUT2D eigenvalue weighted by atomic mass is 16.5. The summed E-state index contributed by atoms with van der Waals surface area (Å²) in [5.41, 5.74) is 5.52. The first-order chi connectivity index (χ1) is 17.5. The number of hydrazine groups is 1. The minimum absolute atomic E-state index is 0.00248. The van der Waals surface area contributed by atoms with Crippen molar-refractivity contribution in [3.05, 3.63) is 90.6 Å². The molecule has 3 aromatic carbocycles. The number of fused-ring (bicyclic) bond motifs is 2. The molecular weight excluding hydrogens is 454 g/mol. The SMILES string of the molecule is CC(C)Oc1ccc(-c2noc(CN3C=CN4NC(c5cccc6ccccc56)CC4C3=O)n2)cc1. The van der Waals surface area contributed by atoms with Gasteiger partial charge in [0.15, 0.2) is 0 Å². The maximum absolute atomic E-state index is 13.3. The van der Waals surface area contributed by atoms with Crippen molar-refractivity contribution in [3.8, 4) is 17.1 Å². The average molecular weight is 482 g/mol. The van der Waals surface area contributed by atoms with Gasteiger partial charge < -0.3 is 19.2 Å². The number of hydrogen-bond acceptors (Lipinski definition) is 7. The summed E-state index contributed by atoms with van der Waals surface area (Å²) in [4.78, 5) is 19.5. The zero-order valence-corrected chi connectivity index (χ0v) is 20.2. The molecule has 1 N–H and O–H groups in total. The largest absolute Gasteiger partial charge is 0.491 e. The van der Waals surface area contributed by atoms with Crippen LogP contribution in [0.2, 0.25) is 0 Å². The maximum Gasteiger partial charge on any atom is 0.251 e. The lowest BCUT2D eigenvalue weighted by Crippen LogP contribution is -2.47. The van der Waals surface area contributed by atoms with E-state index >= 15 is 0 Å². The van der Waals surface area contributed by atoms with Crippen LogP contribution in [0.15, 0.2) is 83.7 Å². The molecule has 182 valence electrons. The third-order valence-electron chi connectivity index (χ3n) is 6.53. The molecule has 0 saturated carbocycles. The Labute approximate surface area is 209 Å². The molecule has 4 aromatic rings. The lowest BCUT2D eigenvalue weighted by molar-refractivity contribution is -0.135. The fourth-order valence-electron chi connectivity index (χ4n) is 4.86. The third kappa shape index (κ3) is 4.20. The van der Waals surface area contributed by atoms with Crippen molar-refractivity contribution in [2.75, 3.05) is 0 Å². The Kier molecular flexibility index (Phi) is 5.65. The van der Waals surface area contributed by atoms with Crippen LogP contribution in [0.3, 0.4) is 0 Å². The second-order valence-electron chi connectivity index (χ2n) is 9.38. The molecule has 0 radical (unpaired) electrons. The molecule has 1 aromatic heterocycles. The van der Waals surface area contributed by atoms with Gasteiger partial charge in [0.2, 0.25) is 11.7 Å². The standard InChI is InChI=1S/C28H27N5O3/c1-18(2)35-21-12-10-20(11-13-21)27-29-26(36-31-27)17-32-14-15-33-25(28(32)34)16-24(30-33)23-9-5-7-19-6-3-4-8-22(19)23/h3-15,18,24-25,30H,16-17H2,1-2H3. The first kappa shape index (κ1) is 22.3. The van der Waals surface area contributed by atoms with E-state index in [0.717, 1.165) is 11.3 Å². The molecule has 2 aliphatic heterocycles. The van der Waals surface area contributed by atoms with Gasteiger partial charge in [0.05, 0.1) is 12.1 Å². The number of ether oxygens (including phenoxy) is 1. The number of carbonyl (C=O) groups excluding carboxylic acids is 1. The molecule has 1 amide bonds. The predicted octanol–water partition coefficient (Wildman–Crippen LogP) is 4.81. The summed E-state index contributed by atoms with van der Waals surface area (Å²) in [6.45, 7) is 4.20. The number of benzene rings is 3. The van der Waals surface area contributed by atoms with Gasteiger partial charge in [-0.2, -0.15) is 4.98 Å². The van der Waals surface area contributed by atoms with Gasteiger partial charge in [0, 0.05) is 18.0 Å². The van der Waals surface area contributed by atoms with Crippen molar-refractivity contribution in [3.63, 3.8) is 0 Å². The first-order valence-corrected chi connectivity index (χ1v) is 12.2. The normalized spacial score (nSPS) is 19.4. The maximum atomic E-state index is 13.3. The highest BCUT2D eigenvalue weighted by molar-refractivity contribution is 5.87. The first-order valence-electron chi connectivity index (χ1n) is 12.2. The van der Waals surface area contributed by atoms with Gasteiger partial charge in [-0.15, -0.1) is 0 Å². The van der Waals surface area contributed by atoms with Crippen molar-refractivity contribution in [2.24, 2.45) is 0 Å². The molecule has 2 aliphatic rings. The van der Waals surface area contributed by atoms with E-state index < -0.39 is 0 Å². The van der Waals surface area contributed by atoms with Crippen LogP contribution in [0.25, 0.3) is 22.2 Å². The fraction of sp³-hybridized carbons (Fsp3) is 0.250. The molecule has 3 heterocycles. The number of rotatable bonds is 6. The minimum Gasteiger partial charge on any atom is -0.491 e. The Morgan fingerprint density at radius 2 is 1.86 bits per heavy atom. The van der Waals surface area contributed by atoms with Crippen LogP contribution in [0.5, 0.6) is 5.75 Å². The van der Waals surface area contributed by atoms with Gasteiger partial charge in [-0.1, -0.05) is 47.6 Å². The molecule has 8 heteroatoms. The van der Waals surface area contributed by atoms with Gasteiger partial charge in [0.1, 0.15) is 18.3 Å². The Bertz CT molecular complexity index is 1420. The van der Waals surface area contributed by atoms with Crippen LogP contribution in [0.4, 0.5) is 0 Å². The van der Waals surface area contributed by atoms with Crippen LogP contribution in [0.1, 0.15) is 37.8 Å². The van der Waals surface area contributed by atoms with E-state index in [1.807, 2.05) is 61.5 Å². The fourth-order valence-corrected chi connectivity index (χ4v) is 4.86. The number of amides is 1. The van der Waals surface area contributed by atoms with Crippen molar-refractivity contribution >= 4 is 16.7 Å². The van der Waals surface area contributed by atoms with Gasteiger partial charge in [-0.05, 0) is 60.9 Å². The summed E-state index contributed by atoms with van der Waals surface area (Å²) >= 11 is 0. The second-order valence-corrected chi connectivity index (χ2v) is 9.38. The Hall–Kier alpha value is -4.17. The number of nitrogens with zero attached hydrogens (tertiary/aromatic N) is 4. The molecular formula is C28H27N5O3. The van der Waals surface area contributed by atoms with E-state index in [1.165, 1.54) is 16.3 Å². The quantitative estimate of drug-likeness (QED) is 0.423.